The summed E-state index contributed by atoms with van der Waals surface area (Å²) in [6.45, 7) is 0.323. The third-order valence-electron chi connectivity index (χ3n) is 3.00. The van der Waals surface area contributed by atoms with Crippen molar-refractivity contribution in [1.82, 2.24) is 14.8 Å². The van der Waals surface area contributed by atoms with E-state index >= 15 is 0 Å². The number of benzene rings is 1. The molecule has 0 fully saturated rings. The summed E-state index contributed by atoms with van der Waals surface area (Å²) >= 11 is 0. The van der Waals surface area contributed by atoms with Gasteiger partial charge in [0.1, 0.15) is 5.82 Å². The lowest BCUT2D eigenvalue weighted by atomic mass is 10.1. The van der Waals surface area contributed by atoms with Crippen molar-refractivity contribution in [3.05, 3.63) is 64.7 Å². The van der Waals surface area contributed by atoms with Gasteiger partial charge in [-0.05, 0) is 29.7 Å². The number of anilines is 1. The second-order valence-electron chi connectivity index (χ2n) is 4.26. The number of aromatic nitrogens is 3. The quantitative estimate of drug-likeness (QED) is 0.748. The summed E-state index contributed by atoms with van der Waals surface area (Å²) < 4.78 is 1.51. The van der Waals surface area contributed by atoms with Crippen LogP contribution >= 0.6 is 0 Å². The van der Waals surface area contributed by atoms with Gasteiger partial charge in [-0.2, -0.15) is 10.2 Å². The number of pyridine rings is 1. The van der Waals surface area contributed by atoms with Gasteiger partial charge < -0.3 is 5.73 Å². The molecule has 5 nitrogen and oxygen atoms in total. The van der Waals surface area contributed by atoms with E-state index < -0.39 is 0 Å². The molecule has 0 aliphatic rings. The molecule has 3 aromatic rings. The molecule has 2 N–H and O–H groups in total. The average Bonchev–Trinajstić information content (AvgIpc) is 2.45. The normalized spacial score (nSPS) is 10.7. The topological polar surface area (TPSA) is 73.8 Å². The average molecular weight is 252 g/mol. The van der Waals surface area contributed by atoms with E-state index in [0.29, 0.717) is 23.4 Å². The zero-order valence-electron chi connectivity index (χ0n) is 10.2. The molecule has 0 saturated carbocycles. The van der Waals surface area contributed by atoms with Gasteiger partial charge in [0.05, 0.1) is 12.2 Å². The molecule has 1 aromatic carbocycles. The van der Waals surface area contributed by atoms with E-state index in [1.165, 1.54) is 4.57 Å². The molecule has 0 aliphatic carbocycles. The summed E-state index contributed by atoms with van der Waals surface area (Å²) in [6.07, 6.45) is 1.59. The summed E-state index contributed by atoms with van der Waals surface area (Å²) in [5, 5.41) is 9.27. The molecule has 0 amide bonds. The van der Waals surface area contributed by atoms with Gasteiger partial charge in [0.15, 0.2) is 0 Å². The zero-order chi connectivity index (χ0) is 13.2. The van der Waals surface area contributed by atoms with E-state index in [0.717, 1.165) is 5.39 Å². The van der Waals surface area contributed by atoms with Crippen LogP contribution in [0.2, 0.25) is 0 Å². The van der Waals surface area contributed by atoms with Crippen molar-refractivity contribution in [3.8, 4) is 0 Å². The maximum absolute atomic E-state index is 12.4. The van der Waals surface area contributed by atoms with Gasteiger partial charge in [-0.1, -0.05) is 18.2 Å². The maximum Gasteiger partial charge on any atom is 0.260 e. The van der Waals surface area contributed by atoms with Crippen LogP contribution in [0.15, 0.2) is 53.5 Å². The largest absolute Gasteiger partial charge is 0.385 e. The van der Waals surface area contributed by atoms with Gasteiger partial charge in [-0.3, -0.25) is 9.36 Å². The number of rotatable bonds is 2. The highest BCUT2D eigenvalue weighted by Gasteiger charge is 2.07. The summed E-state index contributed by atoms with van der Waals surface area (Å²) in [6, 6.07) is 12.8. The minimum Gasteiger partial charge on any atom is -0.385 e. The van der Waals surface area contributed by atoms with E-state index in [-0.39, 0.29) is 5.56 Å². The molecule has 0 aliphatic heterocycles. The number of fused-ring (bicyclic) bond motifs is 1. The first-order valence-corrected chi connectivity index (χ1v) is 5.90. The summed E-state index contributed by atoms with van der Waals surface area (Å²) in [4.78, 5) is 12.4. The Morgan fingerprint density at radius 2 is 2.00 bits per heavy atom. The van der Waals surface area contributed by atoms with Crippen molar-refractivity contribution in [2.24, 2.45) is 0 Å². The van der Waals surface area contributed by atoms with Gasteiger partial charge in [-0.15, -0.1) is 0 Å². The van der Waals surface area contributed by atoms with Crippen LogP contribution in [0.3, 0.4) is 0 Å². The molecule has 0 unspecified atom stereocenters. The van der Waals surface area contributed by atoms with E-state index in [1.54, 1.807) is 24.4 Å². The number of hydrogen-bond donors (Lipinski definition) is 1. The van der Waals surface area contributed by atoms with Crippen LogP contribution in [-0.2, 0) is 6.54 Å². The fourth-order valence-electron chi connectivity index (χ4n) is 2.06. The van der Waals surface area contributed by atoms with Crippen LogP contribution < -0.4 is 11.3 Å². The lowest BCUT2D eigenvalue weighted by Crippen LogP contribution is -2.24. The number of nitrogens with zero attached hydrogens (tertiary/aromatic N) is 3. The molecule has 0 bridgehead atoms. The minimum absolute atomic E-state index is 0.110. The van der Waals surface area contributed by atoms with Crippen LogP contribution in [0.4, 0.5) is 5.82 Å². The fraction of sp³-hybridized carbons (Fsp3) is 0.0714. The first-order valence-electron chi connectivity index (χ1n) is 5.90. The lowest BCUT2D eigenvalue weighted by Gasteiger charge is -2.10. The minimum atomic E-state index is -0.110. The van der Waals surface area contributed by atoms with Crippen LogP contribution in [0.25, 0.3) is 10.8 Å². The van der Waals surface area contributed by atoms with Crippen LogP contribution in [0.1, 0.15) is 5.69 Å². The Labute approximate surface area is 109 Å². The van der Waals surface area contributed by atoms with Crippen molar-refractivity contribution in [2.75, 3.05) is 5.73 Å². The standard InChI is InChI=1S/C14H12N4O/c15-13-8-10-4-1-2-6-12(10)14(19)18(13)9-11-5-3-7-16-17-11/h1-8H,9,15H2. The fourth-order valence-corrected chi connectivity index (χ4v) is 2.06. The van der Waals surface area contributed by atoms with Crippen molar-refractivity contribution < 1.29 is 0 Å². The van der Waals surface area contributed by atoms with E-state index in [9.17, 15) is 4.79 Å². The summed E-state index contributed by atoms with van der Waals surface area (Å²) in [5.41, 5.74) is 6.54. The Kier molecular flexibility index (Phi) is 2.72. The Hall–Kier alpha value is -2.69. The van der Waals surface area contributed by atoms with Gasteiger partial charge in [0, 0.05) is 11.6 Å². The summed E-state index contributed by atoms with van der Waals surface area (Å²) in [5.74, 6) is 0.425. The third-order valence-corrected chi connectivity index (χ3v) is 3.00. The number of nitrogen functional groups attached to an aromatic ring is 1. The molecule has 2 aromatic heterocycles. The predicted octanol–water partition coefficient (Wildman–Crippen LogP) is 1.42. The highest BCUT2D eigenvalue weighted by molar-refractivity contribution is 5.83. The second kappa shape index (κ2) is 4.53. The van der Waals surface area contributed by atoms with Crippen LogP contribution in [-0.4, -0.2) is 14.8 Å². The van der Waals surface area contributed by atoms with Crippen LogP contribution in [0, 0.1) is 0 Å². The Morgan fingerprint density at radius 1 is 1.16 bits per heavy atom. The highest BCUT2D eigenvalue weighted by Crippen LogP contribution is 2.13. The summed E-state index contributed by atoms with van der Waals surface area (Å²) in [7, 11) is 0. The first-order chi connectivity index (χ1) is 9.25. The van der Waals surface area contributed by atoms with Crippen LogP contribution in [0.5, 0.6) is 0 Å². The van der Waals surface area contributed by atoms with Gasteiger partial charge in [-0.25, -0.2) is 0 Å². The maximum atomic E-state index is 12.4. The zero-order valence-corrected chi connectivity index (χ0v) is 10.2. The SMILES string of the molecule is Nc1cc2ccccc2c(=O)n1Cc1cccnn1. The van der Waals surface area contributed by atoms with Gasteiger partial charge >= 0.3 is 0 Å². The van der Waals surface area contributed by atoms with Crippen molar-refractivity contribution >= 4 is 16.6 Å². The smallest absolute Gasteiger partial charge is 0.260 e. The first kappa shape index (κ1) is 11.4. The molecule has 2 heterocycles. The lowest BCUT2D eigenvalue weighted by molar-refractivity contribution is 0.740. The van der Waals surface area contributed by atoms with Crippen molar-refractivity contribution in [3.63, 3.8) is 0 Å². The van der Waals surface area contributed by atoms with Crippen molar-refractivity contribution in [1.29, 1.82) is 0 Å². The molecular formula is C14H12N4O. The monoisotopic (exact) mass is 252 g/mol. The molecule has 0 spiro atoms. The molecule has 5 heteroatoms. The predicted molar refractivity (Wildman–Crippen MR) is 73.8 cm³/mol. The van der Waals surface area contributed by atoms with E-state index in [1.807, 2.05) is 24.3 Å². The molecule has 94 valence electrons. The Bertz CT molecular complexity index is 780. The molecular weight excluding hydrogens is 240 g/mol. The number of hydrogen-bond acceptors (Lipinski definition) is 4. The molecule has 0 radical (unpaired) electrons. The Balaban J connectivity index is 2.16. The highest BCUT2D eigenvalue weighted by atomic mass is 16.1. The van der Waals surface area contributed by atoms with E-state index in [4.69, 9.17) is 5.73 Å². The Morgan fingerprint density at radius 3 is 2.79 bits per heavy atom. The third kappa shape index (κ3) is 2.06. The molecule has 0 saturated heterocycles. The molecule has 0 atom stereocenters. The number of nitrogens with two attached hydrogens (primary N) is 1. The van der Waals surface area contributed by atoms with Gasteiger partial charge in [0.25, 0.3) is 5.56 Å². The van der Waals surface area contributed by atoms with Crippen molar-refractivity contribution in [2.45, 2.75) is 6.54 Å². The second-order valence-corrected chi connectivity index (χ2v) is 4.26. The molecule has 19 heavy (non-hydrogen) atoms. The van der Waals surface area contributed by atoms with E-state index in [2.05, 4.69) is 10.2 Å². The van der Waals surface area contributed by atoms with Gasteiger partial charge in [0.2, 0.25) is 0 Å². The molecule has 3 rings (SSSR count).